The molecular weight excluding hydrogens is 378 g/mol. The van der Waals surface area contributed by atoms with Gasteiger partial charge in [-0.05, 0) is 65.7 Å². The van der Waals surface area contributed by atoms with Crippen molar-refractivity contribution in [3.05, 3.63) is 59.9 Å². The van der Waals surface area contributed by atoms with E-state index < -0.39 is 11.9 Å². The van der Waals surface area contributed by atoms with Gasteiger partial charge in [0, 0.05) is 15.5 Å². The van der Waals surface area contributed by atoms with Crippen LogP contribution in [-0.4, -0.2) is 38.7 Å². The van der Waals surface area contributed by atoms with E-state index in [-0.39, 0.29) is 13.2 Å². The predicted molar refractivity (Wildman–Crippen MR) is 104 cm³/mol. The Morgan fingerprint density at radius 1 is 1.14 bits per heavy atom. The van der Waals surface area contributed by atoms with Crippen molar-refractivity contribution in [3.8, 4) is 0 Å². The number of tetrazole rings is 1. The molecule has 0 aliphatic carbocycles. The normalized spacial score (nSPS) is 10.5. The number of carbonyl (C=O) groups excluding carboxylic acids is 2. The van der Waals surface area contributed by atoms with Crippen LogP contribution >= 0.6 is 11.8 Å². The SMILES string of the molecule is Cc1ccc(C)c(Sc2ccc(NC(=O)COC(=O)Cn3cnnn3)cc2)c1. The summed E-state index contributed by atoms with van der Waals surface area (Å²) in [7, 11) is 0. The van der Waals surface area contributed by atoms with Gasteiger partial charge in [0.05, 0.1) is 0 Å². The van der Waals surface area contributed by atoms with Gasteiger partial charge in [0.1, 0.15) is 12.9 Å². The van der Waals surface area contributed by atoms with E-state index in [1.165, 1.54) is 27.0 Å². The van der Waals surface area contributed by atoms with Gasteiger partial charge >= 0.3 is 5.97 Å². The zero-order valence-corrected chi connectivity index (χ0v) is 16.3. The predicted octanol–water partition coefficient (Wildman–Crippen LogP) is 2.62. The molecule has 1 aromatic heterocycles. The molecule has 0 radical (unpaired) electrons. The standard InChI is InChI=1S/C19H19N5O3S/c1-13-3-4-14(2)17(9-13)28-16-7-5-15(6-8-16)21-18(25)11-27-19(26)10-24-12-20-22-23-24/h3-9,12H,10-11H2,1-2H3,(H,21,25). The molecule has 2 aromatic carbocycles. The number of carbonyl (C=O) groups is 2. The number of aryl methyl sites for hydroxylation is 2. The van der Waals surface area contributed by atoms with Crippen LogP contribution in [0.2, 0.25) is 0 Å². The fraction of sp³-hybridized carbons (Fsp3) is 0.211. The van der Waals surface area contributed by atoms with Gasteiger partial charge in [0.25, 0.3) is 5.91 Å². The first-order valence-electron chi connectivity index (χ1n) is 8.51. The molecule has 9 heteroatoms. The summed E-state index contributed by atoms with van der Waals surface area (Å²) in [5.41, 5.74) is 3.06. The van der Waals surface area contributed by atoms with E-state index in [2.05, 4.69) is 52.9 Å². The van der Waals surface area contributed by atoms with Crippen LogP contribution in [0.1, 0.15) is 11.1 Å². The highest BCUT2D eigenvalue weighted by Crippen LogP contribution is 2.31. The van der Waals surface area contributed by atoms with Crippen molar-refractivity contribution < 1.29 is 14.3 Å². The number of hydrogen-bond donors (Lipinski definition) is 1. The molecule has 0 aliphatic heterocycles. The first-order valence-corrected chi connectivity index (χ1v) is 9.32. The van der Waals surface area contributed by atoms with Crippen molar-refractivity contribution in [1.82, 2.24) is 20.2 Å². The Bertz CT molecular complexity index is 958. The largest absolute Gasteiger partial charge is 0.454 e. The number of nitrogens with one attached hydrogen (secondary N) is 1. The molecule has 0 bridgehead atoms. The lowest BCUT2D eigenvalue weighted by atomic mass is 10.2. The summed E-state index contributed by atoms with van der Waals surface area (Å²) in [6.45, 7) is 3.62. The quantitative estimate of drug-likeness (QED) is 0.612. The van der Waals surface area contributed by atoms with Crippen LogP contribution in [-0.2, 0) is 20.9 Å². The average Bonchev–Trinajstić information content (AvgIpc) is 3.17. The third-order valence-corrected chi connectivity index (χ3v) is 4.92. The topological polar surface area (TPSA) is 99.0 Å². The summed E-state index contributed by atoms with van der Waals surface area (Å²) in [6, 6.07) is 13.8. The molecule has 0 aliphatic rings. The minimum atomic E-state index is -0.595. The highest BCUT2D eigenvalue weighted by Gasteiger charge is 2.10. The average molecular weight is 397 g/mol. The molecule has 1 heterocycles. The molecule has 8 nitrogen and oxygen atoms in total. The number of benzene rings is 2. The Kier molecular flexibility index (Phi) is 6.38. The summed E-state index contributed by atoms with van der Waals surface area (Å²) in [5.74, 6) is -1.01. The van der Waals surface area contributed by atoms with Crippen molar-refractivity contribution in [2.75, 3.05) is 11.9 Å². The lowest BCUT2D eigenvalue weighted by molar-refractivity contribution is -0.148. The number of hydrogen-bond acceptors (Lipinski definition) is 7. The Labute approximate surface area is 166 Å². The lowest BCUT2D eigenvalue weighted by Crippen LogP contribution is -2.23. The zero-order valence-electron chi connectivity index (χ0n) is 15.5. The van der Waals surface area contributed by atoms with Gasteiger partial charge in [0.2, 0.25) is 0 Å². The number of esters is 1. The summed E-state index contributed by atoms with van der Waals surface area (Å²) in [6.07, 6.45) is 1.29. The second kappa shape index (κ2) is 9.14. The maximum atomic E-state index is 11.9. The third kappa shape index (κ3) is 5.65. The molecule has 28 heavy (non-hydrogen) atoms. The van der Waals surface area contributed by atoms with E-state index in [0.717, 1.165) is 4.90 Å². The number of ether oxygens (including phenoxy) is 1. The van der Waals surface area contributed by atoms with E-state index in [0.29, 0.717) is 5.69 Å². The van der Waals surface area contributed by atoms with Crippen LogP contribution in [0.15, 0.2) is 58.6 Å². The van der Waals surface area contributed by atoms with Crippen LogP contribution in [0, 0.1) is 13.8 Å². The number of aromatic nitrogens is 4. The van der Waals surface area contributed by atoms with Gasteiger partial charge in [-0.1, -0.05) is 23.9 Å². The summed E-state index contributed by atoms with van der Waals surface area (Å²) in [5, 5.41) is 13.1. The van der Waals surface area contributed by atoms with Crippen LogP contribution < -0.4 is 5.32 Å². The summed E-state index contributed by atoms with van der Waals surface area (Å²) in [4.78, 5) is 25.8. The van der Waals surface area contributed by atoms with Crippen LogP contribution in [0.4, 0.5) is 5.69 Å². The van der Waals surface area contributed by atoms with E-state index in [1.807, 2.05) is 24.3 Å². The third-order valence-electron chi connectivity index (χ3n) is 3.76. The zero-order chi connectivity index (χ0) is 19.9. The van der Waals surface area contributed by atoms with Gasteiger partial charge in [-0.25, -0.2) is 4.68 Å². The van der Waals surface area contributed by atoms with Gasteiger partial charge in [-0.3, -0.25) is 9.59 Å². The van der Waals surface area contributed by atoms with Crippen molar-refractivity contribution in [2.24, 2.45) is 0 Å². The van der Waals surface area contributed by atoms with Gasteiger partial charge in [-0.15, -0.1) is 5.10 Å². The number of rotatable bonds is 7. The first kappa shape index (κ1) is 19.6. The van der Waals surface area contributed by atoms with Crippen LogP contribution in [0.3, 0.4) is 0 Å². The molecule has 0 unspecified atom stereocenters. The van der Waals surface area contributed by atoms with E-state index in [9.17, 15) is 9.59 Å². The smallest absolute Gasteiger partial charge is 0.328 e. The second-order valence-electron chi connectivity index (χ2n) is 6.11. The molecule has 1 N–H and O–H groups in total. The van der Waals surface area contributed by atoms with Gasteiger partial charge in [-0.2, -0.15) is 0 Å². The number of amides is 1. The molecule has 0 saturated carbocycles. The van der Waals surface area contributed by atoms with Crippen molar-refractivity contribution in [3.63, 3.8) is 0 Å². The van der Waals surface area contributed by atoms with Crippen molar-refractivity contribution in [1.29, 1.82) is 0 Å². The first-order chi connectivity index (χ1) is 13.5. The molecular formula is C19H19N5O3S. The molecule has 3 rings (SSSR count). The van der Waals surface area contributed by atoms with Gasteiger partial charge < -0.3 is 10.1 Å². The highest BCUT2D eigenvalue weighted by molar-refractivity contribution is 7.99. The summed E-state index contributed by atoms with van der Waals surface area (Å²) < 4.78 is 6.12. The van der Waals surface area contributed by atoms with E-state index in [4.69, 9.17) is 4.74 Å². The summed E-state index contributed by atoms with van der Waals surface area (Å²) >= 11 is 1.67. The molecule has 3 aromatic rings. The number of nitrogens with zero attached hydrogens (tertiary/aromatic N) is 4. The Morgan fingerprint density at radius 2 is 1.93 bits per heavy atom. The monoisotopic (exact) mass is 397 g/mol. The van der Waals surface area contributed by atoms with E-state index in [1.54, 1.807) is 11.8 Å². The molecule has 0 spiro atoms. The number of anilines is 1. The molecule has 0 saturated heterocycles. The van der Waals surface area contributed by atoms with Crippen molar-refractivity contribution in [2.45, 2.75) is 30.2 Å². The van der Waals surface area contributed by atoms with Crippen LogP contribution in [0.5, 0.6) is 0 Å². The minimum Gasteiger partial charge on any atom is -0.454 e. The highest BCUT2D eigenvalue weighted by atomic mass is 32.2. The van der Waals surface area contributed by atoms with Gasteiger partial charge in [0.15, 0.2) is 6.61 Å². The molecule has 1 amide bonds. The molecule has 0 atom stereocenters. The fourth-order valence-corrected chi connectivity index (χ4v) is 3.32. The Morgan fingerprint density at radius 3 is 2.64 bits per heavy atom. The maximum absolute atomic E-state index is 11.9. The van der Waals surface area contributed by atoms with Crippen molar-refractivity contribution >= 4 is 29.3 Å². The molecule has 144 valence electrons. The maximum Gasteiger partial charge on any atom is 0.328 e. The lowest BCUT2D eigenvalue weighted by Gasteiger charge is -2.09. The Hall–Kier alpha value is -3.20. The fourth-order valence-electron chi connectivity index (χ4n) is 2.32. The second-order valence-corrected chi connectivity index (χ2v) is 7.23. The van der Waals surface area contributed by atoms with Crippen LogP contribution in [0.25, 0.3) is 0 Å². The Balaban J connectivity index is 1.48. The minimum absolute atomic E-state index is 0.148. The molecule has 0 fully saturated rings. The van der Waals surface area contributed by atoms with E-state index >= 15 is 0 Å².